The molecule has 0 aliphatic rings. The minimum Gasteiger partial charge on any atom is -0.352 e. The van der Waals surface area contributed by atoms with Crippen molar-refractivity contribution in [1.82, 2.24) is 5.32 Å². The molecule has 0 fully saturated rings. The average Bonchev–Trinajstić information content (AvgIpc) is 2.53. The molecule has 2 aromatic rings. The van der Waals surface area contributed by atoms with Gasteiger partial charge in [-0.15, -0.1) is 0 Å². The van der Waals surface area contributed by atoms with Gasteiger partial charge >= 0.3 is 0 Å². The molecule has 1 amide bonds. The highest BCUT2D eigenvalue weighted by Crippen LogP contribution is 2.16. The van der Waals surface area contributed by atoms with Gasteiger partial charge in [-0.2, -0.15) is 0 Å². The molecule has 23 heavy (non-hydrogen) atoms. The molecule has 0 saturated carbocycles. The van der Waals surface area contributed by atoms with E-state index in [0.717, 1.165) is 10.0 Å². The van der Waals surface area contributed by atoms with Crippen LogP contribution >= 0.6 is 27.5 Å². The quantitative estimate of drug-likeness (QED) is 0.783. The monoisotopic (exact) mass is 415 g/mol. The van der Waals surface area contributed by atoms with Gasteiger partial charge in [0.25, 0.3) is 0 Å². The number of rotatable bonds is 6. The van der Waals surface area contributed by atoms with Crippen molar-refractivity contribution in [3.63, 3.8) is 0 Å². The van der Waals surface area contributed by atoms with Crippen LogP contribution in [-0.4, -0.2) is 20.1 Å². The third-order valence-corrected chi connectivity index (χ3v) is 5.69. The van der Waals surface area contributed by atoms with Crippen molar-refractivity contribution in [2.24, 2.45) is 0 Å². The lowest BCUT2D eigenvalue weighted by Crippen LogP contribution is -2.25. The van der Waals surface area contributed by atoms with Crippen LogP contribution in [0, 0.1) is 0 Å². The summed E-state index contributed by atoms with van der Waals surface area (Å²) in [6, 6.07) is 13.4. The number of halogens is 2. The molecule has 7 heteroatoms. The third-order valence-electron chi connectivity index (χ3n) is 3.17. The van der Waals surface area contributed by atoms with Gasteiger partial charge in [-0.05, 0) is 42.0 Å². The maximum atomic E-state index is 12.1. The molecule has 2 rings (SSSR count). The lowest BCUT2D eigenvalue weighted by atomic mass is 10.2. The fraction of sp³-hybridized carbons (Fsp3) is 0.188. The van der Waals surface area contributed by atoms with Crippen LogP contribution in [0.3, 0.4) is 0 Å². The summed E-state index contributed by atoms with van der Waals surface area (Å²) in [5, 5.41) is 3.32. The van der Waals surface area contributed by atoms with E-state index in [4.69, 9.17) is 11.6 Å². The summed E-state index contributed by atoms with van der Waals surface area (Å²) in [7, 11) is -3.46. The SMILES string of the molecule is O=C(CCS(=O)(=O)c1ccc(Br)cc1)NCc1ccc(Cl)cc1. The first-order valence-electron chi connectivity index (χ1n) is 6.86. The molecule has 1 N–H and O–H groups in total. The molecule has 0 heterocycles. The highest BCUT2D eigenvalue weighted by molar-refractivity contribution is 9.10. The molecule has 0 aliphatic heterocycles. The number of hydrogen-bond acceptors (Lipinski definition) is 3. The fourth-order valence-corrected chi connectivity index (χ4v) is 3.51. The molecule has 0 aromatic heterocycles. The molecule has 4 nitrogen and oxygen atoms in total. The second-order valence-corrected chi connectivity index (χ2v) is 8.39. The highest BCUT2D eigenvalue weighted by atomic mass is 79.9. The predicted molar refractivity (Wildman–Crippen MR) is 94.1 cm³/mol. The third kappa shape index (κ3) is 5.64. The zero-order valence-electron chi connectivity index (χ0n) is 12.1. The summed E-state index contributed by atoms with van der Waals surface area (Å²) >= 11 is 9.04. The minimum atomic E-state index is -3.46. The van der Waals surface area contributed by atoms with Gasteiger partial charge in [-0.1, -0.05) is 39.7 Å². The van der Waals surface area contributed by atoms with Crippen molar-refractivity contribution in [3.05, 3.63) is 63.6 Å². The van der Waals surface area contributed by atoms with Gasteiger partial charge in [0.15, 0.2) is 9.84 Å². The Kier molecular flexibility index (Phi) is 6.21. The van der Waals surface area contributed by atoms with Crippen LogP contribution in [0.15, 0.2) is 57.9 Å². The standard InChI is InChI=1S/C16H15BrClNO3S/c17-13-3-7-15(8-4-13)23(21,22)10-9-16(20)19-11-12-1-5-14(18)6-2-12/h1-8H,9-11H2,(H,19,20). The minimum absolute atomic E-state index is 0.0774. The lowest BCUT2D eigenvalue weighted by Gasteiger charge is -2.07. The second-order valence-electron chi connectivity index (χ2n) is 4.93. The van der Waals surface area contributed by atoms with Gasteiger partial charge in [0, 0.05) is 22.5 Å². The van der Waals surface area contributed by atoms with Crippen LogP contribution in [0.25, 0.3) is 0 Å². The normalized spacial score (nSPS) is 11.2. The van der Waals surface area contributed by atoms with Crippen molar-refractivity contribution in [3.8, 4) is 0 Å². The fourth-order valence-electron chi connectivity index (χ4n) is 1.88. The van der Waals surface area contributed by atoms with E-state index >= 15 is 0 Å². The molecule has 0 atom stereocenters. The Labute approximate surface area is 148 Å². The van der Waals surface area contributed by atoms with E-state index in [0.29, 0.717) is 11.6 Å². The molecule has 2 aromatic carbocycles. The van der Waals surface area contributed by atoms with Crippen LogP contribution in [0.5, 0.6) is 0 Å². The number of hydrogen-bond donors (Lipinski definition) is 1. The van der Waals surface area contributed by atoms with Crippen molar-refractivity contribution in [2.45, 2.75) is 17.9 Å². The van der Waals surface area contributed by atoms with Gasteiger partial charge in [0.1, 0.15) is 0 Å². The average molecular weight is 417 g/mol. The van der Waals surface area contributed by atoms with Crippen LogP contribution in [0.1, 0.15) is 12.0 Å². The van der Waals surface area contributed by atoms with E-state index in [9.17, 15) is 13.2 Å². The van der Waals surface area contributed by atoms with Gasteiger partial charge in [-0.25, -0.2) is 8.42 Å². The number of carbonyl (C=O) groups excluding carboxylic acids is 1. The number of nitrogens with one attached hydrogen (secondary N) is 1. The molecule has 0 unspecified atom stereocenters. The number of amides is 1. The van der Waals surface area contributed by atoms with Crippen LogP contribution in [0.4, 0.5) is 0 Å². The Hall–Kier alpha value is -1.37. The van der Waals surface area contributed by atoms with E-state index in [2.05, 4.69) is 21.2 Å². The van der Waals surface area contributed by atoms with E-state index in [-0.39, 0.29) is 23.0 Å². The highest BCUT2D eigenvalue weighted by Gasteiger charge is 2.16. The molecular weight excluding hydrogens is 402 g/mol. The molecular formula is C16H15BrClNO3S. The first kappa shape index (κ1) is 18.0. The topological polar surface area (TPSA) is 63.2 Å². The first-order chi connectivity index (χ1) is 10.9. The Morgan fingerprint density at radius 3 is 2.26 bits per heavy atom. The van der Waals surface area contributed by atoms with Crippen LogP contribution < -0.4 is 5.32 Å². The Morgan fingerprint density at radius 2 is 1.65 bits per heavy atom. The zero-order chi connectivity index (χ0) is 16.9. The molecule has 0 saturated heterocycles. The van der Waals surface area contributed by atoms with E-state index in [1.807, 2.05) is 0 Å². The summed E-state index contributed by atoms with van der Waals surface area (Å²) < 4.78 is 25.1. The first-order valence-corrected chi connectivity index (χ1v) is 9.68. The summed E-state index contributed by atoms with van der Waals surface area (Å²) in [6.45, 7) is 0.342. The Morgan fingerprint density at radius 1 is 1.04 bits per heavy atom. The number of sulfone groups is 1. The summed E-state index contributed by atoms with van der Waals surface area (Å²) in [5.41, 5.74) is 0.901. The van der Waals surface area contributed by atoms with Crippen LogP contribution in [0.2, 0.25) is 5.02 Å². The van der Waals surface area contributed by atoms with E-state index in [1.54, 1.807) is 36.4 Å². The van der Waals surface area contributed by atoms with E-state index in [1.165, 1.54) is 12.1 Å². The van der Waals surface area contributed by atoms with Crippen molar-refractivity contribution < 1.29 is 13.2 Å². The van der Waals surface area contributed by atoms with Gasteiger partial charge in [-0.3, -0.25) is 4.79 Å². The largest absolute Gasteiger partial charge is 0.352 e. The Balaban J connectivity index is 1.86. The van der Waals surface area contributed by atoms with Gasteiger partial charge in [0.2, 0.25) is 5.91 Å². The number of carbonyl (C=O) groups is 1. The summed E-state index contributed by atoms with van der Waals surface area (Å²) in [6.07, 6.45) is -0.0774. The number of benzene rings is 2. The lowest BCUT2D eigenvalue weighted by molar-refractivity contribution is -0.120. The van der Waals surface area contributed by atoms with E-state index < -0.39 is 9.84 Å². The Bertz CT molecular complexity index is 774. The zero-order valence-corrected chi connectivity index (χ0v) is 15.3. The maximum Gasteiger partial charge on any atom is 0.221 e. The van der Waals surface area contributed by atoms with Crippen molar-refractivity contribution in [1.29, 1.82) is 0 Å². The molecule has 0 aliphatic carbocycles. The van der Waals surface area contributed by atoms with Gasteiger partial charge < -0.3 is 5.32 Å². The molecule has 0 bridgehead atoms. The molecule has 0 spiro atoms. The molecule has 122 valence electrons. The smallest absolute Gasteiger partial charge is 0.221 e. The second kappa shape index (κ2) is 7.95. The van der Waals surface area contributed by atoms with Gasteiger partial charge in [0.05, 0.1) is 10.6 Å². The predicted octanol–water partition coefficient (Wildman–Crippen LogP) is 3.58. The maximum absolute atomic E-state index is 12.1. The summed E-state index contributed by atoms with van der Waals surface area (Å²) in [5.74, 6) is -0.526. The van der Waals surface area contributed by atoms with Crippen LogP contribution in [-0.2, 0) is 21.2 Å². The van der Waals surface area contributed by atoms with Crippen molar-refractivity contribution in [2.75, 3.05) is 5.75 Å². The van der Waals surface area contributed by atoms with Crippen molar-refractivity contribution >= 4 is 43.3 Å². The molecule has 0 radical (unpaired) electrons. The summed E-state index contributed by atoms with van der Waals surface area (Å²) in [4.78, 5) is 12.0.